The van der Waals surface area contributed by atoms with Crippen molar-refractivity contribution in [3.8, 4) is 0 Å². The lowest BCUT2D eigenvalue weighted by atomic mass is 10.2. The molecule has 3 amide bonds. The van der Waals surface area contributed by atoms with E-state index in [2.05, 4.69) is 32.1 Å². The Labute approximate surface area is 164 Å². The normalized spacial score (nSPS) is 10.1. The van der Waals surface area contributed by atoms with Crippen LogP contribution in [0.25, 0.3) is 0 Å². The number of rotatable bonds is 6. The number of benzene rings is 2. The van der Waals surface area contributed by atoms with Crippen molar-refractivity contribution < 1.29 is 14.4 Å². The van der Waals surface area contributed by atoms with Crippen LogP contribution in [-0.4, -0.2) is 24.3 Å². The molecule has 0 aromatic heterocycles. The summed E-state index contributed by atoms with van der Waals surface area (Å²) in [5, 5.41) is 3.27. The van der Waals surface area contributed by atoms with Crippen LogP contribution in [0.15, 0.2) is 53.0 Å². The number of hydrogen-bond acceptors (Lipinski definition) is 3. The third-order valence-electron chi connectivity index (χ3n) is 3.41. The second kappa shape index (κ2) is 9.94. The fraction of sp³-hybridized carbons (Fsp3) is 0.167. The summed E-state index contributed by atoms with van der Waals surface area (Å²) in [5.41, 5.74) is 5.62. The van der Waals surface area contributed by atoms with Crippen molar-refractivity contribution in [2.75, 3.05) is 6.54 Å². The molecule has 0 aliphatic heterocycles. The standard InChI is InChI=1S/C18H17BrClN3O3/c19-15-5-2-1-4-14(15)18(26)23-22-16(24)6-3-11-21-17(25)12-7-9-13(20)10-8-12/h1-2,4-5,7-10H,3,6,11H2,(H,21,25)(H,22,24)(H,23,26). The minimum Gasteiger partial charge on any atom is -0.352 e. The third-order valence-corrected chi connectivity index (χ3v) is 4.35. The summed E-state index contributed by atoms with van der Waals surface area (Å²) < 4.78 is 0.636. The van der Waals surface area contributed by atoms with E-state index in [9.17, 15) is 14.4 Å². The zero-order chi connectivity index (χ0) is 18.9. The van der Waals surface area contributed by atoms with Crippen LogP contribution in [0.3, 0.4) is 0 Å². The SMILES string of the molecule is O=C(CCCNC(=O)c1ccc(Cl)cc1)NNC(=O)c1ccccc1Br. The highest BCUT2D eigenvalue weighted by molar-refractivity contribution is 9.10. The Kier molecular flexibility index (Phi) is 7.62. The summed E-state index contributed by atoms with van der Waals surface area (Å²) in [6, 6.07) is 13.4. The third kappa shape index (κ3) is 6.16. The fourth-order valence-electron chi connectivity index (χ4n) is 2.06. The molecule has 0 atom stereocenters. The maximum atomic E-state index is 11.9. The van der Waals surface area contributed by atoms with Crippen LogP contribution < -0.4 is 16.2 Å². The molecule has 0 heterocycles. The van der Waals surface area contributed by atoms with Gasteiger partial charge < -0.3 is 5.32 Å². The monoisotopic (exact) mass is 437 g/mol. The smallest absolute Gasteiger partial charge is 0.270 e. The van der Waals surface area contributed by atoms with Crippen molar-refractivity contribution in [3.63, 3.8) is 0 Å². The van der Waals surface area contributed by atoms with Gasteiger partial charge in [0.2, 0.25) is 5.91 Å². The van der Waals surface area contributed by atoms with E-state index in [0.29, 0.717) is 33.6 Å². The van der Waals surface area contributed by atoms with Crippen LogP contribution in [0.4, 0.5) is 0 Å². The average molecular weight is 439 g/mol. The van der Waals surface area contributed by atoms with Crippen LogP contribution in [0.1, 0.15) is 33.6 Å². The Bertz CT molecular complexity index is 797. The molecule has 0 saturated heterocycles. The number of carbonyl (C=O) groups excluding carboxylic acids is 3. The maximum Gasteiger partial charge on any atom is 0.270 e. The molecule has 0 spiro atoms. The summed E-state index contributed by atoms with van der Waals surface area (Å²) in [5.74, 6) is -0.989. The van der Waals surface area contributed by atoms with Gasteiger partial charge in [-0.2, -0.15) is 0 Å². The van der Waals surface area contributed by atoms with Crippen molar-refractivity contribution in [2.24, 2.45) is 0 Å². The van der Waals surface area contributed by atoms with Gasteiger partial charge in [0.25, 0.3) is 11.8 Å². The van der Waals surface area contributed by atoms with E-state index in [1.54, 1.807) is 48.5 Å². The molecule has 0 fully saturated rings. The van der Waals surface area contributed by atoms with Crippen LogP contribution in [0, 0.1) is 0 Å². The molecular formula is C18H17BrClN3O3. The Morgan fingerprint density at radius 2 is 1.62 bits per heavy atom. The Morgan fingerprint density at radius 3 is 2.31 bits per heavy atom. The predicted octanol–water partition coefficient (Wildman–Crippen LogP) is 3.07. The number of hydrogen-bond donors (Lipinski definition) is 3. The second-order valence-electron chi connectivity index (χ2n) is 5.35. The van der Waals surface area contributed by atoms with Gasteiger partial charge >= 0.3 is 0 Å². The molecule has 6 nitrogen and oxygen atoms in total. The molecule has 0 unspecified atom stereocenters. The lowest BCUT2D eigenvalue weighted by molar-refractivity contribution is -0.121. The predicted molar refractivity (Wildman–Crippen MR) is 103 cm³/mol. The number of carbonyl (C=O) groups is 3. The van der Waals surface area contributed by atoms with Gasteiger partial charge in [-0.15, -0.1) is 0 Å². The van der Waals surface area contributed by atoms with E-state index in [1.807, 2.05) is 0 Å². The van der Waals surface area contributed by atoms with Crippen molar-refractivity contribution in [3.05, 3.63) is 69.2 Å². The summed E-state index contributed by atoms with van der Waals surface area (Å²) in [4.78, 5) is 35.6. The molecule has 2 aromatic carbocycles. The number of halogens is 2. The van der Waals surface area contributed by atoms with E-state index in [-0.39, 0.29) is 18.2 Å². The summed E-state index contributed by atoms with van der Waals surface area (Å²) >= 11 is 9.04. The van der Waals surface area contributed by atoms with Crippen LogP contribution in [0.5, 0.6) is 0 Å². The van der Waals surface area contributed by atoms with Gasteiger partial charge in [-0.3, -0.25) is 25.2 Å². The van der Waals surface area contributed by atoms with Gasteiger partial charge in [0.1, 0.15) is 0 Å². The summed E-state index contributed by atoms with van der Waals surface area (Å²) in [6.07, 6.45) is 0.604. The lowest BCUT2D eigenvalue weighted by Gasteiger charge is -2.09. The van der Waals surface area contributed by atoms with E-state index in [1.165, 1.54) is 0 Å². The molecular weight excluding hydrogens is 422 g/mol. The van der Waals surface area contributed by atoms with Gasteiger partial charge in [0.15, 0.2) is 0 Å². The first-order chi connectivity index (χ1) is 12.5. The first-order valence-electron chi connectivity index (χ1n) is 7.85. The molecule has 0 saturated carbocycles. The molecule has 8 heteroatoms. The Hall–Kier alpha value is -2.38. The largest absolute Gasteiger partial charge is 0.352 e. The van der Waals surface area contributed by atoms with Crippen LogP contribution in [0.2, 0.25) is 5.02 Å². The summed E-state index contributed by atoms with van der Waals surface area (Å²) in [7, 11) is 0. The highest BCUT2D eigenvalue weighted by Crippen LogP contribution is 2.15. The molecule has 0 aliphatic rings. The zero-order valence-corrected chi connectivity index (χ0v) is 16.1. The van der Waals surface area contributed by atoms with Gasteiger partial charge in [0.05, 0.1) is 5.56 Å². The van der Waals surface area contributed by atoms with E-state index in [0.717, 1.165) is 0 Å². The average Bonchev–Trinajstić information content (AvgIpc) is 2.64. The molecule has 3 N–H and O–H groups in total. The topological polar surface area (TPSA) is 87.3 Å². The number of hydrazine groups is 1. The van der Waals surface area contributed by atoms with Gasteiger partial charge in [-0.05, 0) is 58.7 Å². The fourth-order valence-corrected chi connectivity index (χ4v) is 2.65. The van der Waals surface area contributed by atoms with Gasteiger partial charge in [-0.1, -0.05) is 23.7 Å². The molecule has 0 bridgehead atoms. The molecule has 2 rings (SSSR count). The lowest BCUT2D eigenvalue weighted by Crippen LogP contribution is -2.41. The Morgan fingerprint density at radius 1 is 0.923 bits per heavy atom. The highest BCUT2D eigenvalue weighted by atomic mass is 79.9. The van der Waals surface area contributed by atoms with E-state index in [4.69, 9.17) is 11.6 Å². The van der Waals surface area contributed by atoms with E-state index >= 15 is 0 Å². The van der Waals surface area contributed by atoms with Crippen molar-refractivity contribution in [1.82, 2.24) is 16.2 Å². The summed E-state index contributed by atoms with van der Waals surface area (Å²) in [6.45, 7) is 0.340. The zero-order valence-electron chi connectivity index (χ0n) is 13.7. The minimum atomic E-state index is -0.415. The molecule has 0 radical (unpaired) electrons. The first-order valence-corrected chi connectivity index (χ1v) is 9.02. The van der Waals surface area contributed by atoms with Gasteiger partial charge in [-0.25, -0.2) is 0 Å². The second-order valence-corrected chi connectivity index (χ2v) is 6.64. The van der Waals surface area contributed by atoms with Crippen molar-refractivity contribution >= 4 is 45.3 Å². The molecule has 2 aromatic rings. The quantitative estimate of drug-likeness (QED) is 0.478. The molecule has 0 aliphatic carbocycles. The van der Waals surface area contributed by atoms with Gasteiger partial charge in [0, 0.05) is 28.0 Å². The maximum absolute atomic E-state index is 11.9. The molecule has 136 valence electrons. The van der Waals surface area contributed by atoms with Crippen molar-refractivity contribution in [1.29, 1.82) is 0 Å². The van der Waals surface area contributed by atoms with Crippen molar-refractivity contribution in [2.45, 2.75) is 12.8 Å². The number of nitrogens with one attached hydrogen (secondary N) is 3. The Balaban J connectivity index is 1.66. The van der Waals surface area contributed by atoms with E-state index < -0.39 is 5.91 Å². The van der Waals surface area contributed by atoms with Crippen LogP contribution >= 0.6 is 27.5 Å². The number of amides is 3. The highest BCUT2D eigenvalue weighted by Gasteiger charge is 2.10. The molecule has 26 heavy (non-hydrogen) atoms. The first kappa shape index (κ1) is 19.9. The minimum absolute atomic E-state index is 0.164. The van der Waals surface area contributed by atoms with Crippen LogP contribution in [-0.2, 0) is 4.79 Å².